The number of benzene rings is 2. The van der Waals surface area contributed by atoms with Crippen LogP contribution < -0.4 is 5.32 Å². The van der Waals surface area contributed by atoms with Gasteiger partial charge in [-0.2, -0.15) is 0 Å². The molecule has 0 saturated carbocycles. The van der Waals surface area contributed by atoms with Crippen molar-refractivity contribution < 1.29 is 14.7 Å². The van der Waals surface area contributed by atoms with Gasteiger partial charge >= 0.3 is 5.97 Å². The third-order valence-corrected chi connectivity index (χ3v) is 6.99. The molecule has 2 aromatic heterocycles. The summed E-state index contributed by atoms with van der Waals surface area (Å²) in [6, 6.07) is 9.40. The zero-order chi connectivity index (χ0) is 23.7. The molecule has 0 saturated heterocycles. The molecular formula is C22H13Cl4N3O3S. The van der Waals surface area contributed by atoms with Crippen LogP contribution in [0.4, 0.5) is 0 Å². The minimum absolute atomic E-state index is 0.0287. The van der Waals surface area contributed by atoms with Crippen LogP contribution in [0, 0.1) is 0 Å². The van der Waals surface area contributed by atoms with Gasteiger partial charge in [0.2, 0.25) is 0 Å². The van der Waals surface area contributed by atoms with Crippen LogP contribution in [-0.4, -0.2) is 33.0 Å². The fourth-order valence-corrected chi connectivity index (χ4v) is 5.53. The molecule has 0 aliphatic heterocycles. The second-order valence-electron chi connectivity index (χ2n) is 6.96. The first-order chi connectivity index (χ1) is 15.7. The molecule has 1 atom stereocenters. The lowest BCUT2D eigenvalue weighted by Gasteiger charge is -2.15. The topological polar surface area (TPSA) is 92.2 Å². The second-order valence-corrected chi connectivity index (χ2v) is 9.62. The van der Waals surface area contributed by atoms with Crippen LogP contribution in [0.5, 0.6) is 0 Å². The number of carbonyl (C=O) groups excluding carboxylic acids is 1. The molecular weight excluding hydrogens is 528 g/mol. The van der Waals surface area contributed by atoms with Crippen LogP contribution in [0.1, 0.15) is 15.9 Å². The highest BCUT2D eigenvalue weighted by molar-refractivity contribution is 7.21. The Hall–Kier alpha value is -2.42. The summed E-state index contributed by atoms with van der Waals surface area (Å²) in [4.78, 5) is 32.8. The van der Waals surface area contributed by atoms with E-state index < -0.39 is 17.9 Å². The van der Waals surface area contributed by atoms with Gasteiger partial charge in [-0.25, -0.2) is 9.78 Å². The van der Waals surface area contributed by atoms with Crippen molar-refractivity contribution in [3.05, 3.63) is 80.0 Å². The van der Waals surface area contributed by atoms with Crippen molar-refractivity contribution in [2.24, 2.45) is 0 Å². The summed E-state index contributed by atoms with van der Waals surface area (Å²) in [6.07, 6.45) is 2.56. The number of thiazole rings is 1. The summed E-state index contributed by atoms with van der Waals surface area (Å²) in [7, 11) is 0. The van der Waals surface area contributed by atoms with Gasteiger partial charge in [-0.05, 0) is 29.8 Å². The molecule has 0 aliphatic rings. The highest BCUT2D eigenvalue weighted by Gasteiger charge is 2.24. The number of aliphatic carboxylic acids is 1. The van der Waals surface area contributed by atoms with Gasteiger partial charge in [-0.3, -0.25) is 9.78 Å². The summed E-state index contributed by atoms with van der Waals surface area (Å²) in [5, 5.41) is 13.8. The number of nitrogens with one attached hydrogen (secondary N) is 1. The zero-order valence-corrected chi connectivity index (χ0v) is 20.3. The van der Waals surface area contributed by atoms with Crippen molar-refractivity contribution in [3.63, 3.8) is 0 Å². The second kappa shape index (κ2) is 9.83. The van der Waals surface area contributed by atoms with Crippen molar-refractivity contribution >= 4 is 79.8 Å². The Labute approximate surface area is 212 Å². The van der Waals surface area contributed by atoms with E-state index in [1.807, 2.05) is 6.07 Å². The molecule has 0 fully saturated rings. The lowest BCUT2D eigenvalue weighted by atomic mass is 10.1. The first kappa shape index (κ1) is 23.7. The van der Waals surface area contributed by atoms with E-state index in [0.717, 1.165) is 10.2 Å². The first-order valence-electron chi connectivity index (χ1n) is 9.41. The molecule has 1 amide bonds. The average molecular weight is 541 g/mol. The minimum atomic E-state index is -1.21. The molecule has 4 rings (SSSR count). The van der Waals surface area contributed by atoms with E-state index in [-0.39, 0.29) is 22.0 Å². The lowest BCUT2D eigenvalue weighted by Crippen LogP contribution is -2.42. The first-order valence-corrected chi connectivity index (χ1v) is 11.7. The smallest absolute Gasteiger partial charge is 0.326 e. The van der Waals surface area contributed by atoms with Crippen molar-refractivity contribution in [1.29, 1.82) is 0 Å². The number of hydrogen-bond acceptors (Lipinski definition) is 5. The quantitative estimate of drug-likeness (QED) is 0.295. The number of aromatic nitrogens is 2. The van der Waals surface area contributed by atoms with Crippen LogP contribution in [-0.2, 0) is 11.2 Å². The predicted octanol–water partition coefficient (Wildman–Crippen LogP) is 6.40. The van der Waals surface area contributed by atoms with Crippen LogP contribution in [0.3, 0.4) is 0 Å². The molecule has 0 spiro atoms. The van der Waals surface area contributed by atoms with Crippen LogP contribution in [0.25, 0.3) is 20.8 Å². The molecule has 4 aromatic rings. The highest BCUT2D eigenvalue weighted by Crippen LogP contribution is 2.39. The molecule has 33 heavy (non-hydrogen) atoms. The highest BCUT2D eigenvalue weighted by atomic mass is 35.5. The molecule has 2 aromatic carbocycles. The molecule has 11 heteroatoms. The normalized spacial score (nSPS) is 12.0. The van der Waals surface area contributed by atoms with E-state index >= 15 is 0 Å². The van der Waals surface area contributed by atoms with Crippen LogP contribution >= 0.6 is 57.7 Å². The molecule has 0 radical (unpaired) electrons. The Balaban J connectivity index is 1.60. The van der Waals surface area contributed by atoms with E-state index in [9.17, 15) is 14.7 Å². The summed E-state index contributed by atoms with van der Waals surface area (Å²) in [5.74, 6) is -1.90. The lowest BCUT2D eigenvalue weighted by molar-refractivity contribution is -0.139. The molecule has 6 nitrogen and oxygen atoms in total. The van der Waals surface area contributed by atoms with Crippen molar-refractivity contribution in [3.8, 4) is 10.6 Å². The Morgan fingerprint density at radius 2 is 1.67 bits per heavy atom. The standard InChI is InChI=1S/C22H13Cl4N3O3S/c23-11-2-1-3-12(24)19(11)21-29-15-5-4-10(7-17(15)33-21)6-16(22(31)32)28-20(30)18-13(25)8-27-9-14(18)26/h1-5,7-9,16H,6H2,(H,28,30)(H,31,32). The van der Waals surface area contributed by atoms with Crippen molar-refractivity contribution in [2.75, 3.05) is 0 Å². The molecule has 2 heterocycles. The predicted molar refractivity (Wildman–Crippen MR) is 132 cm³/mol. The van der Waals surface area contributed by atoms with Gasteiger partial charge in [0.25, 0.3) is 5.91 Å². The largest absolute Gasteiger partial charge is 0.480 e. The third kappa shape index (κ3) is 5.08. The van der Waals surface area contributed by atoms with Crippen molar-refractivity contribution in [1.82, 2.24) is 15.3 Å². The summed E-state index contributed by atoms with van der Waals surface area (Å²) >= 11 is 26.0. The zero-order valence-electron chi connectivity index (χ0n) is 16.5. The summed E-state index contributed by atoms with van der Waals surface area (Å²) in [5.41, 5.74) is 2.03. The molecule has 2 N–H and O–H groups in total. The molecule has 1 unspecified atom stereocenters. The van der Waals surface area contributed by atoms with Gasteiger partial charge in [0.1, 0.15) is 11.0 Å². The number of hydrogen-bond donors (Lipinski definition) is 2. The average Bonchev–Trinajstić information content (AvgIpc) is 3.15. The SMILES string of the molecule is O=C(NC(Cc1ccc2nc(-c3c(Cl)cccc3Cl)sc2c1)C(=O)O)c1c(Cl)cncc1Cl. The number of carbonyl (C=O) groups is 2. The van der Waals surface area contributed by atoms with Gasteiger partial charge < -0.3 is 10.4 Å². The van der Waals surface area contributed by atoms with Gasteiger partial charge in [-0.15, -0.1) is 11.3 Å². The number of amides is 1. The monoisotopic (exact) mass is 539 g/mol. The number of halogens is 4. The van der Waals surface area contributed by atoms with Gasteiger partial charge in [0.15, 0.2) is 0 Å². The fraction of sp³-hybridized carbons (Fsp3) is 0.0909. The molecule has 0 aliphatic carbocycles. The Morgan fingerprint density at radius 1 is 1.00 bits per heavy atom. The Morgan fingerprint density at radius 3 is 2.30 bits per heavy atom. The Kier molecular flexibility index (Phi) is 7.07. The van der Waals surface area contributed by atoms with Crippen LogP contribution in [0.2, 0.25) is 20.1 Å². The number of fused-ring (bicyclic) bond motifs is 1. The van der Waals surface area contributed by atoms with E-state index in [1.54, 1.807) is 30.3 Å². The van der Waals surface area contributed by atoms with E-state index in [1.165, 1.54) is 23.7 Å². The molecule has 168 valence electrons. The number of carboxylic acid groups (broad SMARTS) is 1. The van der Waals surface area contributed by atoms with E-state index in [4.69, 9.17) is 46.4 Å². The number of pyridine rings is 1. The maximum Gasteiger partial charge on any atom is 0.326 e. The van der Waals surface area contributed by atoms with E-state index in [2.05, 4.69) is 15.3 Å². The van der Waals surface area contributed by atoms with Crippen molar-refractivity contribution in [2.45, 2.75) is 12.5 Å². The van der Waals surface area contributed by atoms with Gasteiger partial charge in [-0.1, -0.05) is 58.5 Å². The summed E-state index contributed by atoms with van der Waals surface area (Å²) in [6.45, 7) is 0. The number of carboxylic acids is 1. The van der Waals surface area contributed by atoms with Gasteiger partial charge in [0, 0.05) is 24.4 Å². The Bertz CT molecular complexity index is 1350. The number of nitrogens with zero attached hydrogens (tertiary/aromatic N) is 2. The van der Waals surface area contributed by atoms with E-state index in [0.29, 0.717) is 26.2 Å². The summed E-state index contributed by atoms with van der Waals surface area (Å²) < 4.78 is 0.828. The third-order valence-electron chi connectivity index (χ3n) is 4.75. The maximum absolute atomic E-state index is 12.6. The minimum Gasteiger partial charge on any atom is -0.480 e. The maximum atomic E-state index is 12.6. The fourth-order valence-electron chi connectivity index (χ4n) is 3.20. The molecule has 0 bridgehead atoms. The van der Waals surface area contributed by atoms with Gasteiger partial charge in [0.05, 0.1) is 35.9 Å². The van der Waals surface area contributed by atoms with Crippen LogP contribution in [0.15, 0.2) is 48.8 Å². The number of rotatable bonds is 6.